The maximum atomic E-state index is 3.83. The van der Waals surface area contributed by atoms with Crippen LogP contribution in [0.3, 0.4) is 0 Å². The summed E-state index contributed by atoms with van der Waals surface area (Å²) < 4.78 is 0. The number of hydrogen-bond donors (Lipinski definition) is 0. The van der Waals surface area contributed by atoms with E-state index >= 15 is 0 Å². The molecule has 0 spiro atoms. The van der Waals surface area contributed by atoms with Gasteiger partial charge in [-0.25, -0.2) is 0 Å². The van der Waals surface area contributed by atoms with E-state index in [-0.39, 0.29) is 11.1 Å². The quantitative estimate of drug-likeness (QED) is 0.792. The van der Waals surface area contributed by atoms with Gasteiger partial charge in [0.25, 0.3) is 0 Å². The monoisotopic (exact) mass is 314 g/mol. The molecule has 0 N–H and O–H groups in total. The fourth-order valence-corrected chi connectivity index (χ4v) is 4.30. The first-order valence-corrected chi connectivity index (χ1v) is 8.81. The van der Waals surface area contributed by atoms with E-state index in [0.717, 1.165) is 13.0 Å². The second kappa shape index (κ2) is 6.78. The molecule has 23 heavy (non-hydrogen) atoms. The van der Waals surface area contributed by atoms with Gasteiger partial charge in [0.15, 0.2) is 0 Å². The molecule has 0 aliphatic carbocycles. The summed E-state index contributed by atoms with van der Waals surface area (Å²) in [5.74, 6) is 0. The zero-order valence-corrected chi connectivity index (χ0v) is 15.9. The molecule has 0 bridgehead atoms. The largest absolute Gasteiger partial charge is 0.306 e. The van der Waals surface area contributed by atoms with Crippen molar-refractivity contribution in [2.24, 2.45) is 0 Å². The summed E-state index contributed by atoms with van der Waals surface area (Å²) in [6.07, 6.45) is 5.48. The number of benzene rings is 1. The lowest BCUT2D eigenvalue weighted by molar-refractivity contribution is -0.0567. The molecule has 0 amide bonds. The van der Waals surface area contributed by atoms with Gasteiger partial charge in [-0.05, 0) is 72.2 Å². The third-order valence-corrected chi connectivity index (χ3v) is 5.50. The molecule has 2 heteroatoms. The molecule has 2 rings (SSSR count). The highest BCUT2D eigenvalue weighted by atomic mass is 15.3. The summed E-state index contributed by atoms with van der Waals surface area (Å²) in [7, 11) is 4.43. The molecule has 1 aliphatic rings. The van der Waals surface area contributed by atoms with Gasteiger partial charge in [0, 0.05) is 23.7 Å². The van der Waals surface area contributed by atoms with Crippen LogP contribution in [0.4, 0.5) is 0 Å². The van der Waals surface area contributed by atoms with E-state index in [1.54, 1.807) is 0 Å². The van der Waals surface area contributed by atoms with Crippen LogP contribution >= 0.6 is 0 Å². The first kappa shape index (κ1) is 18.2. The summed E-state index contributed by atoms with van der Waals surface area (Å²) in [5, 5.41) is 0. The van der Waals surface area contributed by atoms with E-state index in [4.69, 9.17) is 0 Å². The average molecular weight is 315 g/mol. The van der Waals surface area contributed by atoms with Gasteiger partial charge in [0.1, 0.15) is 0 Å². The minimum Gasteiger partial charge on any atom is -0.306 e. The molecular weight excluding hydrogens is 280 g/mol. The van der Waals surface area contributed by atoms with Crippen molar-refractivity contribution in [2.75, 3.05) is 20.6 Å². The predicted octanol–water partition coefficient (Wildman–Crippen LogP) is 4.46. The molecule has 0 aromatic heterocycles. The minimum absolute atomic E-state index is 0.234. The Morgan fingerprint density at radius 1 is 1.09 bits per heavy atom. The van der Waals surface area contributed by atoms with E-state index in [9.17, 15) is 0 Å². The maximum absolute atomic E-state index is 3.83. The number of hydrogen-bond acceptors (Lipinski definition) is 2. The summed E-state index contributed by atoms with van der Waals surface area (Å²) >= 11 is 0. The Morgan fingerprint density at radius 2 is 1.61 bits per heavy atom. The van der Waals surface area contributed by atoms with Crippen LogP contribution in [0, 0.1) is 0 Å². The minimum atomic E-state index is 0.234. The van der Waals surface area contributed by atoms with Gasteiger partial charge in [-0.1, -0.05) is 36.9 Å². The van der Waals surface area contributed by atoms with Crippen molar-refractivity contribution in [3.05, 3.63) is 42.0 Å². The van der Waals surface area contributed by atoms with E-state index in [1.165, 1.54) is 24.0 Å². The Bertz CT molecular complexity index is 507. The van der Waals surface area contributed by atoms with Crippen molar-refractivity contribution < 1.29 is 0 Å². The van der Waals surface area contributed by atoms with Crippen LogP contribution in [0.1, 0.15) is 51.7 Å². The van der Waals surface area contributed by atoms with Gasteiger partial charge >= 0.3 is 0 Å². The fourth-order valence-electron chi connectivity index (χ4n) is 4.30. The van der Waals surface area contributed by atoms with Gasteiger partial charge < -0.3 is 4.90 Å². The Kier molecular flexibility index (Phi) is 5.37. The van der Waals surface area contributed by atoms with Gasteiger partial charge in [-0.2, -0.15) is 0 Å². The first-order valence-electron chi connectivity index (χ1n) is 8.81. The van der Waals surface area contributed by atoms with Gasteiger partial charge in [-0.15, -0.1) is 0 Å². The Balaban J connectivity index is 2.09. The lowest BCUT2D eigenvalue weighted by Gasteiger charge is -2.56. The summed E-state index contributed by atoms with van der Waals surface area (Å²) in [6.45, 7) is 14.6. The molecule has 1 fully saturated rings. The molecule has 0 unspecified atom stereocenters. The molecule has 2 nitrogen and oxygen atoms in total. The maximum Gasteiger partial charge on any atom is 0.0173 e. The van der Waals surface area contributed by atoms with Crippen LogP contribution in [-0.4, -0.2) is 47.6 Å². The topological polar surface area (TPSA) is 6.48 Å². The lowest BCUT2D eigenvalue weighted by atomic mass is 9.76. The molecule has 128 valence electrons. The highest BCUT2D eigenvalue weighted by Crippen LogP contribution is 2.39. The molecular formula is C21H34N2. The van der Waals surface area contributed by atoms with E-state index < -0.39 is 0 Å². The predicted molar refractivity (Wildman–Crippen MR) is 102 cm³/mol. The van der Waals surface area contributed by atoms with Crippen molar-refractivity contribution in [2.45, 2.75) is 64.1 Å². The van der Waals surface area contributed by atoms with Crippen LogP contribution in [0.25, 0.3) is 6.08 Å². The third-order valence-electron chi connectivity index (χ3n) is 5.50. The average Bonchev–Trinajstić information content (AvgIpc) is 2.45. The molecule has 1 aliphatic heterocycles. The van der Waals surface area contributed by atoms with Crippen molar-refractivity contribution in [1.29, 1.82) is 0 Å². The fraction of sp³-hybridized carbons (Fsp3) is 0.619. The summed E-state index contributed by atoms with van der Waals surface area (Å²) in [4.78, 5) is 5.12. The SMILES string of the molecule is C=Cc1ccc(CCN2C(C)(C)CC(N(C)C)CC2(C)C)cc1. The second-order valence-corrected chi connectivity index (χ2v) is 8.50. The zero-order chi connectivity index (χ0) is 17.3. The highest BCUT2D eigenvalue weighted by Gasteiger charge is 2.45. The Morgan fingerprint density at radius 3 is 2.04 bits per heavy atom. The molecule has 1 aromatic rings. The number of nitrogens with zero attached hydrogens (tertiary/aromatic N) is 2. The molecule has 0 saturated carbocycles. The Labute approximate surface area is 143 Å². The zero-order valence-electron chi connectivity index (χ0n) is 15.9. The third kappa shape index (κ3) is 4.24. The normalized spacial score (nSPS) is 21.5. The van der Waals surface area contributed by atoms with Crippen LogP contribution in [-0.2, 0) is 6.42 Å². The van der Waals surface area contributed by atoms with Crippen LogP contribution in [0.5, 0.6) is 0 Å². The summed E-state index contributed by atoms with van der Waals surface area (Å²) in [6, 6.07) is 9.48. The van der Waals surface area contributed by atoms with Crippen molar-refractivity contribution >= 4 is 6.08 Å². The second-order valence-electron chi connectivity index (χ2n) is 8.50. The first-order chi connectivity index (χ1) is 10.7. The van der Waals surface area contributed by atoms with E-state index in [1.807, 2.05) is 6.08 Å². The molecule has 1 saturated heterocycles. The molecule has 1 heterocycles. The number of likely N-dealkylation sites (tertiary alicyclic amines) is 1. The summed E-state index contributed by atoms with van der Waals surface area (Å²) in [5.41, 5.74) is 3.08. The van der Waals surface area contributed by atoms with Crippen molar-refractivity contribution in [3.63, 3.8) is 0 Å². The van der Waals surface area contributed by atoms with Crippen LogP contribution < -0.4 is 0 Å². The van der Waals surface area contributed by atoms with Crippen molar-refractivity contribution in [3.8, 4) is 0 Å². The number of piperidine rings is 1. The van der Waals surface area contributed by atoms with E-state index in [0.29, 0.717) is 6.04 Å². The van der Waals surface area contributed by atoms with Gasteiger partial charge in [-0.3, -0.25) is 4.90 Å². The smallest absolute Gasteiger partial charge is 0.0173 e. The van der Waals surface area contributed by atoms with Gasteiger partial charge in [0.05, 0.1) is 0 Å². The lowest BCUT2D eigenvalue weighted by Crippen LogP contribution is -2.64. The highest BCUT2D eigenvalue weighted by molar-refractivity contribution is 5.47. The van der Waals surface area contributed by atoms with Crippen LogP contribution in [0.15, 0.2) is 30.8 Å². The molecule has 0 radical (unpaired) electrons. The molecule has 0 atom stereocenters. The Hall–Kier alpha value is -1.12. The van der Waals surface area contributed by atoms with Crippen LogP contribution in [0.2, 0.25) is 0 Å². The number of rotatable bonds is 5. The van der Waals surface area contributed by atoms with Crippen molar-refractivity contribution in [1.82, 2.24) is 9.80 Å². The standard InChI is InChI=1S/C21H34N2/c1-8-17-9-11-18(12-10-17)13-14-23-20(2,3)15-19(22(6)7)16-21(23,4)5/h8-12,19H,1,13-16H2,2-7H3. The van der Waals surface area contributed by atoms with E-state index in [2.05, 4.69) is 82.4 Å². The van der Waals surface area contributed by atoms with Gasteiger partial charge in [0.2, 0.25) is 0 Å². The molecule has 1 aromatic carbocycles.